The minimum Gasteiger partial charge on any atom is -0.493 e. The molecule has 1 atom stereocenters. The SMILES string of the molecule is COc1cc(C(C)OC(C)=O)ccc1OCCCN1CCC(c2noc3cc(F)ccc23)CC1.O=C(O)/C=C/C(=O)O. The lowest BCUT2D eigenvalue weighted by Gasteiger charge is -2.31. The van der Waals surface area contributed by atoms with Crippen LogP contribution in [0.5, 0.6) is 11.5 Å². The number of piperidine rings is 1. The Balaban J connectivity index is 0.000000531. The number of nitrogens with zero attached hydrogens (tertiary/aromatic N) is 2. The Labute approximate surface area is 242 Å². The van der Waals surface area contributed by atoms with Crippen molar-refractivity contribution in [1.82, 2.24) is 10.1 Å². The molecule has 0 aliphatic carbocycles. The van der Waals surface area contributed by atoms with Crippen molar-refractivity contribution in [3.05, 3.63) is 65.6 Å². The average molecular weight is 587 g/mol. The highest BCUT2D eigenvalue weighted by Crippen LogP contribution is 2.33. The van der Waals surface area contributed by atoms with Gasteiger partial charge in [-0.05, 0) is 69.1 Å². The minimum atomic E-state index is -1.26. The summed E-state index contributed by atoms with van der Waals surface area (Å²) in [6.45, 7) is 6.70. The number of esters is 1. The molecule has 2 aromatic carbocycles. The number of fused-ring (bicyclic) bond motifs is 1. The van der Waals surface area contributed by atoms with Gasteiger partial charge in [0.1, 0.15) is 11.9 Å². The smallest absolute Gasteiger partial charge is 0.328 e. The maximum Gasteiger partial charge on any atom is 0.328 e. The van der Waals surface area contributed by atoms with Gasteiger partial charge in [0.2, 0.25) is 0 Å². The molecule has 2 heterocycles. The summed E-state index contributed by atoms with van der Waals surface area (Å²) in [7, 11) is 1.60. The van der Waals surface area contributed by atoms with Gasteiger partial charge in [-0.3, -0.25) is 4.79 Å². The summed E-state index contributed by atoms with van der Waals surface area (Å²) in [4.78, 5) is 32.7. The Hall–Kier alpha value is -4.45. The fourth-order valence-electron chi connectivity index (χ4n) is 4.64. The highest BCUT2D eigenvalue weighted by atomic mass is 19.1. The van der Waals surface area contributed by atoms with Gasteiger partial charge in [-0.25, -0.2) is 14.0 Å². The predicted octanol–water partition coefficient (Wildman–Crippen LogP) is 4.96. The molecular formula is C30H35FN2O9. The van der Waals surface area contributed by atoms with Crippen LogP contribution in [0.4, 0.5) is 4.39 Å². The summed E-state index contributed by atoms with van der Waals surface area (Å²) in [5.74, 6) is -1.51. The number of ether oxygens (including phenoxy) is 3. The molecule has 3 aromatic rings. The molecule has 1 fully saturated rings. The van der Waals surface area contributed by atoms with E-state index < -0.39 is 11.9 Å². The number of carboxylic acids is 2. The van der Waals surface area contributed by atoms with Crippen LogP contribution in [0.25, 0.3) is 11.0 Å². The van der Waals surface area contributed by atoms with Gasteiger partial charge in [0, 0.05) is 43.0 Å². The van der Waals surface area contributed by atoms with Crippen LogP contribution >= 0.6 is 0 Å². The van der Waals surface area contributed by atoms with Gasteiger partial charge in [-0.1, -0.05) is 11.2 Å². The second kappa shape index (κ2) is 15.5. The van der Waals surface area contributed by atoms with E-state index in [0.29, 0.717) is 41.8 Å². The van der Waals surface area contributed by atoms with Gasteiger partial charge >= 0.3 is 17.9 Å². The molecule has 0 saturated carbocycles. The van der Waals surface area contributed by atoms with Crippen molar-refractivity contribution >= 4 is 28.9 Å². The summed E-state index contributed by atoms with van der Waals surface area (Å²) in [5.41, 5.74) is 2.31. The largest absolute Gasteiger partial charge is 0.493 e. The topological polar surface area (TPSA) is 149 Å². The zero-order chi connectivity index (χ0) is 30.6. The number of aliphatic carboxylic acids is 2. The second-order valence-corrected chi connectivity index (χ2v) is 9.70. The second-order valence-electron chi connectivity index (χ2n) is 9.70. The Morgan fingerprint density at radius 2 is 1.79 bits per heavy atom. The lowest BCUT2D eigenvalue weighted by molar-refractivity contribution is -0.145. The van der Waals surface area contributed by atoms with E-state index in [1.54, 1.807) is 13.2 Å². The van der Waals surface area contributed by atoms with Crippen molar-refractivity contribution in [2.45, 2.75) is 45.1 Å². The van der Waals surface area contributed by atoms with Crippen molar-refractivity contribution in [3.8, 4) is 11.5 Å². The summed E-state index contributed by atoms with van der Waals surface area (Å²) >= 11 is 0. The van der Waals surface area contributed by atoms with Gasteiger partial charge in [0.05, 0.1) is 19.4 Å². The van der Waals surface area contributed by atoms with Crippen LogP contribution < -0.4 is 9.47 Å². The first-order chi connectivity index (χ1) is 20.1. The van der Waals surface area contributed by atoms with Crippen molar-refractivity contribution in [3.63, 3.8) is 0 Å². The van der Waals surface area contributed by atoms with Crippen LogP contribution in [-0.4, -0.2) is 71.5 Å². The van der Waals surface area contributed by atoms with E-state index in [4.69, 9.17) is 28.9 Å². The number of carbonyl (C=O) groups excluding carboxylic acids is 1. The van der Waals surface area contributed by atoms with E-state index in [1.165, 1.54) is 19.1 Å². The molecule has 42 heavy (non-hydrogen) atoms. The molecule has 11 nitrogen and oxygen atoms in total. The lowest BCUT2D eigenvalue weighted by atomic mass is 9.91. The summed E-state index contributed by atoms with van der Waals surface area (Å²) in [6, 6.07) is 10.2. The molecule has 0 amide bonds. The van der Waals surface area contributed by atoms with Crippen LogP contribution in [0.2, 0.25) is 0 Å². The number of aromatic nitrogens is 1. The quantitative estimate of drug-likeness (QED) is 0.178. The minimum absolute atomic E-state index is 0.308. The molecule has 1 unspecified atom stereocenters. The molecule has 2 N–H and O–H groups in total. The third-order valence-corrected chi connectivity index (χ3v) is 6.68. The number of carboxylic acid groups (broad SMARTS) is 2. The molecule has 1 aliphatic rings. The van der Waals surface area contributed by atoms with Crippen LogP contribution in [0, 0.1) is 5.82 Å². The number of methoxy groups -OCH3 is 1. The Morgan fingerprint density at radius 3 is 2.40 bits per heavy atom. The maximum atomic E-state index is 13.4. The van der Waals surface area contributed by atoms with E-state index >= 15 is 0 Å². The standard InChI is InChI=1S/C26H31FN2O5.C4H4O4/c1-17(33-18(2)30)20-5-8-23(25(15-20)31-3)32-14-4-11-29-12-9-19(10-13-29)26-22-7-6-21(27)16-24(22)34-28-26;5-3(6)1-2-4(7)8/h5-8,15-17,19H,4,9-14H2,1-3H3;1-2H,(H,5,6)(H,7,8)/b;2-1+. The first kappa shape index (κ1) is 32.1. The van der Waals surface area contributed by atoms with Crippen molar-refractivity contribution in [1.29, 1.82) is 0 Å². The van der Waals surface area contributed by atoms with E-state index in [0.717, 1.165) is 55.5 Å². The first-order valence-corrected chi connectivity index (χ1v) is 13.5. The number of likely N-dealkylation sites (tertiary alicyclic amines) is 1. The van der Waals surface area contributed by atoms with Gasteiger partial charge in [0.25, 0.3) is 0 Å². The number of hydrogen-bond acceptors (Lipinski definition) is 9. The fraction of sp³-hybridized carbons (Fsp3) is 0.400. The molecule has 1 aromatic heterocycles. The molecule has 1 saturated heterocycles. The zero-order valence-electron chi connectivity index (χ0n) is 23.7. The zero-order valence-corrected chi connectivity index (χ0v) is 23.7. The van der Waals surface area contributed by atoms with Gasteiger partial charge < -0.3 is 33.8 Å². The molecule has 0 radical (unpaired) electrons. The summed E-state index contributed by atoms with van der Waals surface area (Å²) in [5, 5.41) is 20.8. The monoisotopic (exact) mass is 586 g/mol. The highest BCUT2D eigenvalue weighted by molar-refractivity contribution is 5.89. The van der Waals surface area contributed by atoms with Crippen LogP contribution in [0.1, 0.15) is 56.4 Å². The third-order valence-electron chi connectivity index (χ3n) is 6.68. The molecule has 226 valence electrons. The molecule has 1 aliphatic heterocycles. The lowest BCUT2D eigenvalue weighted by Crippen LogP contribution is -2.34. The molecular weight excluding hydrogens is 551 g/mol. The summed E-state index contributed by atoms with van der Waals surface area (Å²) < 4.78 is 35.4. The van der Waals surface area contributed by atoms with Crippen LogP contribution in [0.15, 0.2) is 53.1 Å². The van der Waals surface area contributed by atoms with Crippen molar-refractivity contribution < 1.29 is 47.7 Å². The normalized spacial score (nSPS) is 14.7. The molecule has 0 spiro atoms. The maximum absolute atomic E-state index is 13.4. The van der Waals surface area contributed by atoms with Crippen molar-refractivity contribution in [2.75, 3.05) is 33.4 Å². The summed E-state index contributed by atoms with van der Waals surface area (Å²) in [6.07, 6.45) is 3.65. The van der Waals surface area contributed by atoms with Crippen LogP contribution in [0.3, 0.4) is 0 Å². The molecule has 4 rings (SSSR count). The number of hydrogen-bond donors (Lipinski definition) is 2. The number of benzene rings is 2. The first-order valence-electron chi connectivity index (χ1n) is 13.5. The third kappa shape index (κ3) is 9.58. The number of rotatable bonds is 11. The van der Waals surface area contributed by atoms with Gasteiger partial charge in [-0.2, -0.15) is 0 Å². The van der Waals surface area contributed by atoms with E-state index in [9.17, 15) is 18.8 Å². The Kier molecular flexibility index (Phi) is 11.9. The Morgan fingerprint density at radius 1 is 1.10 bits per heavy atom. The number of halogens is 1. The highest BCUT2D eigenvalue weighted by Gasteiger charge is 2.25. The van der Waals surface area contributed by atoms with E-state index in [-0.39, 0.29) is 17.9 Å². The van der Waals surface area contributed by atoms with E-state index in [2.05, 4.69) is 10.1 Å². The number of carbonyl (C=O) groups is 3. The average Bonchev–Trinajstić information content (AvgIpc) is 3.37. The van der Waals surface area contributed by atoms with Crippen molar-refractivity contribution in [2.24, 2.45) is 0 Å². The van der Waals surface area contributed by atoms with E-state index in [1.807, 2.05) is 25.1 Å². The molecule has 12 heteroatoms. The fourth-order valence-corrected chi connectivity index (χ4v) is 4.64. The van der Waals surface area contributed by atoms with Gasteiger partial charge in [0.15, 0.2) is 17.1 Å². The Bertz CT molecular complexity index is 1380. The molecule has 0 bridgehead atoms. The predicted molar refractivity (Wildman–Crippen MR) is 150 cm³/mol. The van der Waals surface area contributed by atoms with Crippen LogP contribution in [-0.2, 0) is 19.1 Å². The van der Waals surface area contributed by atoms with Gasteiger partial charge in [-0.15, -0.1) is 0 Å².